The molecule has 1 aromatic carbocycles. The van der Waals surface area contributed by atoms with Crippen molar-refractivity contribution in [3.05, 3.63) is 35.4 Å². The number of carbonyl (C=O) groups is 3. The molecule has 0 spiro atoms. The molecule has 0 bridgehead atoms. The number of nitrogens with two attached hydrogens (primary N) is 2. The zero-order valence-electron chi connectivity index (χ0n) is 10.1. The van der Waals surface area contributed by atoms with Gasteiger partial charge in [-0.25, -0.2) is 4.79 Å². The first-order chi connectivity index (χ1) is 8.93. The van der Waals surface area contributed by atoms with E-state index in [4.69, 9.17) is 16.6 Å². The second-order valence-corrected chi connectivity index (χ2v) is 3.94. The standard InChI is InChI=1S/C12H15N3O4/c13-6-7-1-3-8(4-2-7)11(17)15-9(12(18)19)5-10(14)16/h1-4,9H,5-6,13H2,(H2,14,16)(H,15,17)(H,18,19)/t9-/m1/s1. The van der Waals surface area contributed by atoms with Crippen molar-refractivity contribution in [2.45, 2.75) is 19.0 Å². The van der Waals surface area contributed by atoms with Crippen LogP contribution >= 0.6 is 0 Å². The minimum atomic E-state index is -1.33. The van der Waals surface area contributed by atoms with E-state index in [0.29, 0.717) is 6.54 Å². The molecule has 0 saturated heterocycles. The first kappa shape index (κ1) is 14.7. The van der Waals surface area contributed by atoms with Gasteiger partial charge in [0.15, 0.2) is 0 Å². The number of primary amides is 1. The van der Waals surface area contributed by atoms with Gasteiger partial charge in [-0.3, -0.25) is 9.59 Å². The van der Waals surface area contributed by atoms with E-state index in [1.54, 1.807) is 12.1 Å². The monoisotopic (exact) mass is 265 g/mol. The second kappa shape index (κ2) is 6.50. The maximum absolute atomic E-state index is 11.8. The first-order valence-corrected chi connectivity index (χ1v) is 5.55. The fraction of sp³-hybridized carbons (Fsp3) is 0.250. The number of hydrogen-bond donors (Lipinski definition) is 4. The van der Waals surface area contributed by atoms with E-state index < -0.39 is 30.2 Å². The van der Waals surface area contributed by atoms with Crippen LogP contribution in [-0.4, -0.2) is 28.9 Å². The molecule has 0 heterocycles. The summed E-state index contributed by atoms with van der Waals surface area (Å²) < 4.78 is 0. The number of carboxylic acid groups (broad SMARTS) is 1. The first-order valence-electron chi connectivity index (χ1n) is 5.55. The lowest BCUT2D eigenvalue weighted by molar-refractivity contribution is -0.140. The highest BCUT2D eigenvalue weighted by Gasteiger charge is 2.22. The number of nitrogens with one attached hydrogen (secondary N) is 1. The lowest BCUT2D eigenvalue weighted by atomic mass is 10.1. The Morgan fingerprint density at radius 2 is 1.79 bits per heavy atom. The van der Waals surface area contributed by atoms with Crippen molar-refractivity contribution in [2.75, 3.05) is 0 Å². The number of amides is 2. The lowest BCUT2D eigenvalue weighted by Crippen LogP contribution is -2.43. The molecule has 7 nitrogen and oxygen atoms in total. The minimum Gasteiger partial charge on any atom is -0.480 e. The molecule has 0 unspecified atom stereocenters. The van der Waals surface area contributed by atoms with Crippen molar-refractivity contribution in [1.82, 2.24) is 5.32 Å². The maximum atomic E-state index is 11.8. The molecule has 7 heteroatoms. The number of rotatable bonds is 6. The Kier molecular flexibility index (Phi) is 5.01. The highest BCUT2D eigenvalue weighted by molar-refractivity contribution is 5.97. The third kappa shape index (κ3) is 4.40. The van der Waals surface area contributed by atoms with Crippen LogP contribution < -0.4 is 16.8 Å². The molecule has 1 atom stereocenters. The smallest absolute Gasteiger partial charge is 0.326 e. The normalized spacial score (nSPS) is 11.6. The summed E-state index contributed by atoms with van der Waals surface area (Å²) in [6, 6.07) is 5.05. The summed E-state index contributed by atoms with van der Waals surface area (Å²) in [5.74, 6) is -2.70. The zero-order valence-corrected chi connectivity index (χ0v) is 10.1. The summed E-state index contributed by atoms with van der Waals surface area (Å²) in [7, 11) is 0. The average molecular weight is 265 g/mol. The summed E-state index contributed by atoms with van der Waals surface area (Å²) in [5.41, 5.74) is 11.5. The topological polar surface area (TPSA) is 136 Å². The molecule has 0 aliphatic heterocycles. The van der Waals surface area contributed by atoms with E-state index in [1.807, 2.05) is 0 Å². The van der Waals surface area contributed by atoms with Gasteiger partial charge in [-0.15, -0.1) is 0 Å². The summed E-state index contributed by atoms with van der Waals surface area (Å²) in [6.07, 6.45) is -0.456. The number of aliphatic carboxylic acids is 1. The summed E-state index contributed by atoms with van der Waals surface area (Å²) in [4.78, 5) is 33.4. The second-order valence-electron chi connectivity index (χ2n) is 3.94. The van der Waals surface area contributed by atoms with E-state index in [2.05, 4.69) is 5.32 Å². The SMILES string of the molecule is NCc1ccc(C(=O)N[C@H](CC(N)=O)C(=O)O)cc1. The van der Waals surface area contributed by atoms with Crippen LogP contribution in [0.1, 0.15) is 22.3 Å². The Bertz CT molecular complexity index is 484. The van der Waals surface area contributed by atoms with E-state index in [9.17, 15) is 14.4 Å². The predicted molar refractivity (Wildman–Crippen MR) is 67.0 cm³/mol. The molecule has 0 aliphatic carbocycles. The van der Waals surface area contributed by atoms with Crippen molar-refractivity contribution < 1.29 is 19.5 Å². The Morgan fingerprint density at radius 1 is 1.21 bits per heavy atom. The molecule has 1 aromatic rings. The summed E-state index contributed by atoms with van der Waals surface area (Å²) in [6.45, 7) is 0.349. The molecule has 0 saturated carbocycles. The molecule has 2 amide bonds. The number of carboxylic acids is 1. The lowest BCUT2D eigenvalue weighted by Gasteiger charge is -2.12. The summed E-state index contributed by atoms with van der Waals surface area (Å²) >= 11 is 0. The van der Waals surface area contributed by atoms with Crippen LogP contribution in [-0.2, 0) is 16.1 Å². The van der Waals surface area contributed by atoms with Crippen molar-refractivity contribution in [2.24, 2.45) is 11.5 Å². The van der Waals surface area contributed by atoms with Gasteiger partial charge < -0.3 is 21.9 Å². The fourth-order valence-corrected chi connectivity index (χ4v) is 1.44. The van der Waals surface area contributed by atoms with Gasteiger partial charge in [0.2, 0.25) is 5.91 Å². The van der Waals surface area contributed by atoms with E-state index >= 15 is 0 Å². The minimum absolute atomic E-state index is 0.285. The van der Waals surface area contributed by atoms with Crippen LogP contribution in [0.5, 0.6) is 0 Å². The largest absolute Gasteiger partial charge is 0.480 e. The van der Waals surface area contributed by atoms with Crippen molar-refractivity contribution in [3.8, 4) is 0 Å². The number of hydrogen-bond acceptors (Lipinski definition) is 4. The molecular weight excluding hydrogens is 250 g/mol. The third-order valence-corrected chi connectivity index (χ3v) is 2.46. The van der Waals surface area contributed by atoms with Gasteiger partial charge in [0.25, 0.3) is 5.91 Å². The van der Waals surface area contributed by atoms with E-state index in [1.165, 1.54) is 12.1 Å². The van der Waals surface area contributed by atoms with Crippen LogP contribution in [0.15, 0.2) is 24.3 Å². The molecule has 6 N–H and O–H groups in total. The third-order valence-electron chi connectivity index (χ3n) is 2.46. The van der Waals surface area contributed by atoms with Gasteiger partial charge in [-0.05, 0) is 17.7 Å². The van der Waals surface area contributed by atoms with E-state index in [-0.39, 0.29) is 5.56 Å². The Labute approximate surface area is 109 Å². The molecular formula is C12H15N3O4. The highest BCUT2D eigenvalue weighted by Crippen LogP contribution is 2.04. The molecule has 102 valence electrons. The number of benzene rings is 1. The van der Waals surface area contributed by atoms with Gasteiger partial charge >= 0.3 is 5.97 Å². The van der Waals surface area contributed by atoms with Crippen LogP contribution in [0.3, 0.4) is 0 Å². The van der Waals surface area contributed by atoms with Crippen LogP contribution in [0.4, 0.5) is 0 Å². The maximum Gasteiger partial charge on any atom is 0.326 e. The van der Waals surface area contributed by atoms with Crippen molar-refractivity contribution in [3.63, 3.8) is 0 Å². The molecule has 0 radical (unpaired) electrons. The van der Waals surface area contributed by atoms with Crippen LogP contribution in [0.2, 0.25) is 0 Å². The quantitative estimate of drug-likeness (QED) is 0.534. The zero-order chi connectivity index (χ0) is 14.4. The fourth-order valence-electron chi connectivity index (χ4n) is 1.44. The molecule has 1 rings (SSSR count). The van der Waals surface area contributed by atoms with Crippen LogP contribution in [0, 0.1) is 0 Å². The molecule has 19 heavy (non-hydrogen) atoms. The average Bonchev–Trinajstić information content (AvgIpc) is 2.37. The highest BCUT2D eigenvalue weighted by atomic mass is 16.4. The van der Waals surface area contributed by atoms with Gasteiger partial charge in [0, 0.05) is 12.1 Å². The number of carbonyl (C=O) groups excluding carboxylic acids is 2. The molecule has 0 aliphatic rings. The van der Waals surface area contributed by atoms with Crippen molar-refractivity contribution in [1.29, 1.82) is 0 Å². The van der Waals surface area contributed by atoms with Gasteiger partial charge in [0.1, 0.15) is 6.04 Å². The Hall–Kier alpha value is -2.41. The molecule has 0 aromatic heterocycles. The molecule has 0 fully saturated rings. The Morgan fingerprint density at radius 3 is 2.21 bits per heavy atom. The predicted octanol–water partition coefficient (Wildman–Crippen LogP) is -0.796. The van der Waals surface area contributed by atoms with E-state index in [0.717, 1.165) is 5.56 Å². The Balaban J connectivity index is 2.75. The van der Waals surface area contributed by atoms with Gasteiger partial charge in [-0.1, -0.05) is 12.1 Å². The van der Waals surface area contributed by atoms with Gasteiger partial charge in [0.05, 0.1) is 6.42 Å². The summed E-state index contributed by atoms with van der Waals surface area (Å²) in [5, 5.41) is 11.1. The van der Waals surface area contributed by atoms with Gasteiger partial charge in [-0.2, -0.15) is 0 Å². The van der Waals surface area contributed by atoms with Crippen molar-refractivity contribution >= 4 is 17.8 Å². The van der Waals surface area contributed by atoms with Crippen LogP contribution in [0.25, 0.3) is 0 Å².